The summed E-state index contributed by atoms with van der Waals surface area (Å²) in [5.74, 6) is -0.865. The number of rotatable bonds is 5. The number of amides is 3. The van der Waals surface area contributed by atoms with Gasteiger partial charge in [-0.05, 0) is 31.5 Å². The van der Waals surface area contributed by atoms with Gasteiger partial charge in [0.05, 0.1) is 13.1 Å². The number of hydrogen-bond acceptors (Lipinski definition) is 3. The molecule has 3 amide bonds. The summed E-state index contributed by atoms with van der Waals surface area (Å²) < 4.78 is 1.88. The maximum atomic E-state index is 13.1. The first-order valence-corrected chi connectivity index (χ1v) is 10.3. The summed E-state index contributed by atoms with van der Waals surface area (Å²) >= 11 is 0. The Morgan fingerprint density at radius 3 is 2.52 bits per heavy atom. The van der Waals surface area contributed by atoms with Gasteiger partial charge in [-0.15, -0.1) is 0 Å². The fourth-order valence-electron chi connectivity index (χ4n) is 3.91. The van der Waals surface area contributed by atoms with Gasteiger partial charge in [-0.2, -0.15) is 0 Å². The minimum atomic E-state index is -1.11. The van der Waals surface area contributed by atoms with E-state index in [9.17, 15) is 14.4 Å². The molecule has 0 saturated carbocycles. The molecule has 1 atom stereocenters. The van der Waals surface area contributed by atoms with E-state index in [1.807, 2.05) is 66.1 Å². The second-order valence-electron chi connectivity index (χ2n) is 8.26. The van der Waals surface area contributed by atoms with Crippen LogP contribution in [-0.2, 0) is 22.7 Å². The Morgan fingerprint density at radius 2 is 1.77 bits per heavy atom. The summed E-state index contributed by atoms with van der Waals surface area (Å²) in [5.41, 5.74) is 2.50. The first-order valence-electron chi connectivity index (χ1n) is 10.3. The number of nitrogens with zero attached hydrogens (tertiary/aromatic N) is 2. The zero-order valence-electron chi connectivity index (χ0n) is 17.9. The van der Waals surface area contributed by atoms with Crippen LogP contribution in [0.2, 0.25) is 0 Å². The van der Waals surface area contributed by atoms with Crippen molar-refractivity contribution in [3.63, 3.8) is 0 Å². The molecule has 0 fully saturated rings. The van der Waals surface area contributed by atoms with Gasteiger partial charge >= 0.3 is 0 Å². The number of fused-ring (bicyclic) bond motifs is 3. The van der Waals surface area contributed by atoms with E-state index in [1.165, 1.54) is 4.90 Å². The third-order valence-corrected chi connectivity index (χ3v) is 6.05. The minimum absolute atomic E-state index is 0.151. The van der Waals surface area contributed by atoms with Crippen LogP contribution in [-0.4, -0.2) is 46.3 Å². The largest absolute Gasteiger partial charge is 0.350 e. The molecule has 1 aromatic heterocycles. The number of nitrogens with one attached hydrogen (secondary N) is 2. The molecule has 1 aliphatic heterocycles. The summed E-state index contributed by atoms with van der Waals surface area (Å²) in [7, 11) is 1.63. The van der Waals surface area contributed by atoms with Crippen molar-refractivity contribution in [1.82, 2.24) is 20.1 Å². The molecule has 7 heteroatoms. The molecular formula is C24H26N4O3. The van der Waals surface area contributed by atoms with Crippen molar-refractivity contribution >= 4 is 28.6 Å². The zero-order valence-corrected chi connectivity index (χ0v) is 17.9. The minimum Gasteiger partial charge on any atom is -0.350 e. The Hall–Kier alpha value is -3.61. The first-order chi connectivity index (χ1) is 14.8. The fraction of sp³-hybridized carbons (Fsp3) is 0.292. The highest BCUT2D eigenvalue weighted by molar-refractivity contribution is 6.03. The van der Waals surface area contributed by atoms with E-state index >= 15 is 0 Å². The molecule has 0 unspecified atom stereocenters. The average Bonchev–Trinajstić information content (AvgIpc) is 3.14. The van der Waals surface area contributed by atoms with Gasteiger partial charge < -0.3 is 20.1 Å². The molecule has 31 heavy (non-hydrogen) atoms. The molecule has 0 spiro atoms. The van der Waals surface area contributed by atoms with E-state index in [0.29, 0.717) is 18.8 Å². The lowest BCUT2D eigenvalue weighted by Crippen LogP contribution is -2.63. The molecule has 0 aliphatic carbocycles. The molecule has 2 heterocycles. The molecule has 0 bridgehead atoms. The van der Waals surface area contributed by atoms with E-state index in [1.54, 1.807) is 14.0 Å². The third-order valence-electron chi connectivity index (χ3n) is 6.05. The smallest absolute Gasteiger partial charge is 0.271 e. The van der Waals surface area contributed by atoms with E-state index in [0.717, 1.165) is 22.0 Å². The number of carbonyl (C=O) groups excluding carboxylic acids is 3. The van der Waals surface area contributed by atoms with Gasteiger partial charge in [-0.1, -0.05) is 48.0 Å². The van der Waals surface area contributed by atoms with E-state index in [-0.39, 0.29) is 24.3 Å². The lowest BCUT2D eigenvalue weighted by atomic mass is 9.95. The van der Waals surface area contributed by atoms with Crippen molar-refractivity contribution in [2.24, 2.45) is 0 Å². The van der Waals surface area contributed by atoms with Crippen molar-refractivity contribution < 1.29 is 14.4 Å². The second-order valence-corrected chi connectivity index (χ2v) is 8.26. The monoisotopic (exact) mass is 418 g/mol. The van der Waals surface area contributed by atoms with Crippen LogP contribution in [0, 0.1) is 6.92 Å². The summed E-state index contributed by atoms with van der Waals surface area (Å²) in [5, 5.41) is 6.47. The molecule has 3 aromatic rings. The van der Waals surface area contributed by atoms with Crippen molar-refractivity contribution in [2.45, 2.75) is 32.5 Å². The average molecular weight is 418 g/mol. The number of para-hydroxylation sites is 1. The van der Waals surface area contributed by atoms with Crippen LogP contribution in [0.15, 0.2) is 54.6 Å². The van der Waals surface area contributed by atoms with Crippen molar-refractivity contribution in [2.75, 3.05) is 13.6 Å². The van der Waals surface area contributed by atoms with Gasteiger partial charge in [0.2, 0.25) is 11.8 Å². The van der Waals surface area contributed by atoms with E-state index < -0.39 is 5.54 Å². The Balaban J connectivity index is 1.43. The number of benzene rings is 2. The maximum absolute atomic E-state index is 13.1. The van der Waals surface area contributed by atoms with Gasteiger partial charge in [-0.25, -0.2) is 0 Å². The highest BCUT2D eigenvalue weighted by atomic mass is 16.2. The number of aromatic nitrogens is 1. The van der Waals surface area contributed by atoms with Gasteiger partial charge in [0.25, 0.3) is 5.91 Å². The third kappa shape index (κ3) is 3.79. The summed E-state index contributed by atoms with van der Waals surface area (Å²) in [6, 6.07) is 17.5. The molecule has 0 saturated heterocycles. The first kappa shape index (κ1) is 20.7. The predicted molar refractivity (Wildman–Crippen MR) is 118 cm³/mol. The predicted octanol–water partition coefficient (Wildman–Crippen LogP) is 2.23. The molecule has 2 aromatic carbocycles. The van der Waals surface area contributed by atoms with Crippen molar-refractivity contribution in [3.05, 3.63) is 71.4 Å². The normalized spacial score (nSPS) is 18.0. The van der Waals surface area contributed by atoms with Gasteiger partial charge in [0.1, 0.15) is 11.2 Å². The van der Waals surface area contributed by atoms with E-state index in [4.69, 9.17) is 0 Å². The molecule has 1 aliphatic rings. The Kier molecular flexibility index (Phi) is 5.27. The molecule has 160 valence electrons. The molecule has 2 N–H and O–H groups in total. The van der Waals surface area contributed by atoms with E-state index in [2.05, 4.69) is 10.6 Å². The zero-order chi connectivity index (χ0) is 22.2. The second kappa shape index (κ2) is 7.91. The highest BCUT2D eigenvalue weighted by Crippen LogP contribution is 2.31. The van der Waals surface area contributed by atoms with Crippen LogP contribution >= 0.6 is 0 Å². The van der Waals surface area contributed by atoms with Crippen LogP contribution in [0.4, 0.5) is 0 Å². The maximum Gasteiger partial charge on any atom is 0.271 e. The standard InChI is InChI=1S/C24H26N4O3/c1-16-8-10-17(11-9-16)13-25-21(29)14-26-23(31)24(2)15-28-19-7-5-4-6-18(19)12-20(28)22(30)27(24)3/h4-12H,13-15H2,1-3H3,(H,25,29)(H,26,31)/t24-/m0/s1. The molecule has 4 rings (SSSR count). The topological polar surface area (TPSA) is 83.4 Å². The van der Waals surface area contributed by atoms with Crippen LogP contribution < -0.4 is 10.6 Å². The number of carbonyl (C=O) groups is 3. The van der Waals surface area contributed by atoms with Gasteiger partial charge in [0.15, 0.2) is 0 Å². The van der Waals surface area contributed by atoms with Gasteiger partial charge in [0, 0.05) is 24.5 Å². The quantitative estimate of drug-likeness (QED) is 0.667. The SMILES string of the molecule is Cc1ccc(CNC(=O)CNC(=O)[C@]2(C)Cn3c(cc4ccccc43)C(=O)N2C)cc1. The van der Waals surface area contributed by atoms with Crippen LogP contribution in [0.25, 0.3) is 10.9 Å². The van der Waals surface area contributed by atoms with Crippen LogP contribution in [0.5, 0.6) is 0 Å². The van der Waals surface area contributed by atoms with Crippen LogP contribution in [0.3, 0.4) is 0 Å². The lowest BCUT2D eigenvalue weighted by Gasteiger charge is -2.41. The highest BCUT2D eigenvalue weighted by Gasteiger charge is 2.45. The van der Waals surface area contributed by atoms with Gasteiger partial charge in [-0.3, -0.25) is 14.4 Å². The Labute approximate surface area is 181 Å². The molecule has 0 radical (unpaired) electrons. The number of likely N-dealkylation sites (N-methyl/N-ethyl adjacent to an activating group) is 1. The van der Waals surface area contributed by atoms with Crippen LogP contribution in [0.1, 0.15) is 28.5 Å². The van der Waals surface area contributed by atoms with Crippen molar-refractivity contribution in [3.8, 4) is 0 Å². The fourth-order valence-corrected chi connectivity index (χ4v) is 3.91. The Bertz CT molecular complexity index is 1170. The summed E-state index contributed by atoms with van der Waals surface area (Å²) in [4.78, 5) is 39.7. The number of aryl methyl sites for hydroxylation is 1. The molecule has 7 nitrogen and oxygen atoms in total. The summed E-state index contributed by atoms with van der Waals surface area (Å²) in [6.07, 6.45) is 0. The summed E-state index contributed by atoms with van der Waals surface area (Å²) in [6.45, 7) is 4.28. The van der Waals surface area contributed by atoms with Crippen molar-refractivity contribution in [1.29, 1.82) is 0 Å². The molecular weight excluding hydrogens is 392 g/mol. The number of hydrogen-bond donors (Lipinski definition) is 2. The lowest BCUT2D eigenvalue weighted by molar-refractivity contribution is -0.134. The Morgan fingerprint density at radius 1 is 1.06 bits per heavy atom.